The molecule has 0 aliphatic carbocycles. The van der Waals surface area contributed by atoms with Crippen LogP contribution in [0.4, 0.5) is 11.4 Å². The number of aromatic nitrogens is 2. The molecule has 1 aromatic heterocycles. The molecule has 0 unspecified atom stereocenters. The number of rotatable bonds is 6. The fourth-order valence-corrected chi connectivity index (χ4v) is 2.96. The normalized spacial score (nSPS) is 10.3. The van der Waals surface area contributed by atoms with Crippen molar-refractivity contribution in [1.29, 1.82) is 0 Å². The summed E-state index contributed by atoms with van der Waals surface area (Å²) in [4.78, 5) is 30.1. The molecule has 0 atom stereocenters. The molecule has 0 aliphatic rings. The van der Waals surface area contributed by atoms with Crippen LogP contribution in [0.1, 0.15) is 12.7 Å². The number of imidazole rings is 1. The maximum Gasteiger partial charge on any atom is 0.261 e. The van der Waals surface area contributed by atoms with Crippen LogP contribution in [0.3, 0.4) is 0 Å². The number of benzene rings is 2. The number of nitrogens with zero attached hydrogens (tertiary/aromatic N) is 2. The Balaban J connectivity index is 1.95. The van der Waals surface area contributed by atoms with E-state index in [9.17, 15) is 9.59 Å². The molecular formula is C21H18Cl2N4O2. The average molecular weight is 429 g/mol. The third-order valence-corrected chi connectivity index (χ3v) is 4.75. The second kappa shape index (κ2) is 9.41. The molecule has 8 heteroatoms. The molecule has 148 valence electrons. The summed E-state index contributed by atoms with van der Waals surface area (Å²) in [6.07, 6.45) is 4.80. The van der Waals surface area contributed by atoms with Crippen molar-refractivity contribution < 1.29 is 9.59 Å². The van der Waals surface area contributed by atoms with E-state index < -0.39 is 11.8 Å². The van der Waals surface area contributed by atoms with Crippen LogP contribution in [0.25, 0.3) is 6.08 Å². The van der Waals surface area contributed by atoms with Crippen molar-refractivity contribution in [3.63, 3.8) is 0 Å². The number of aryl methyl sites for hydroxylation is 1. The highest BCUT2D eigenvalue weighted by Crippen LogP contribution is 2.23. The van der Waals surface area contributed by atoms with E-state index in [1.807, 2.05) is 11.5 Å². The molecule has 3 rings (SSSR count). The van der Waals surface area contributed by atoms with E-state index in [0.717, 1.165) is 0 Å². The van der Waals surface area contributed by atoms with Crippen molar-refractivity contribution >= 4 is 52.5 Å². The Labute approximate surface area is 178 Å². The molecule has 29 heavy (non-hydrogen) atoms. The minimum atomic E-state index is -0.617. The van der Waals surface area contributed by atoms with Gasteiger partial charge in [-0.15, -0.1) is 0 Å². The predicted octanol–water partition coefficient (Wildman–Crippen LogP) is 4.87. The second-order valence-corrected chi connectivity index (χ2v) is 6.81. The van der Waals surface area contributed by atoms with Crippen molar-refractivity contribution in [2.45, 2.75) is 13.5 Å². The lowest BCUT2D eigenvalue weighted by atomic mass is 10.2. The van der Waals surface area contributed by atoms with Crippen molar-refractivity contribution in [3.05, 3.63) is 82.4 Å². The van der Waals surface area contributed by atoms with E-state index in [2.05, 4.69) is 15.6 Å². The van der Waals surface area contributed by atoms with E-state index in [-0.39, 0.29) is 5.57 Å². The molecule has 0 saturated carbocycles. The second-order valence-electron chi connectivity index (χ2n) is 6.00. The molecule has 6 nitrogen and oxygen atoms in total. The Morgan fingerprint density at radius 1 is 0.966 bits per heavy atom. The Morgan fingerprint density at radius 3 is 1.97 bits per heavy atom. The van der Waals surface area contributed by atoms with Crippen LogP contribution in [-0.4, -0.2) is 21.4 Å². The molecule has 2 amide bonds. The lowest BCUT2D eigenvalue weighted by Gasteiger charge is -2.12. The topological polar surface area (TPSA) is 76.0 Å². The first-order chi connectivity index (χ1) is 14.0. The van der Waals surface area contributed by atoms with Gasteiger partial charge in [0.25, 0.3) is 11.8 Å². The van der Waals surface area contributed by atoms with Crippen LogP contribution in [0.5, 0.6) is 0 Å². The monoisotopic (exact) mass is 428 g/mol. The maximum absolute atomic E-state index is 12.9. The minimum absolute atomic E-state index is 0.134. The molecule has 2 N–H and O–H groups in total. The molecule has 0 bridgehead atoms. The summed E-state index contributed by atoms with van der Waals surface area (Å²) < 4.78 is 1.81. The van der Waals surface area contributed by atoms with E-state index in [4.69, 9.17) is 23.2 Å². The van der Waals surface area contributed by atoms with Crippen LogP contribution in [0.15, 0.2) is 66.5 Å². The highest BCUT2D eigenvalue weighted by atomic mass is 35.5. The lowest BCUT2D eigenvalue weighted by molar-refractivity contribution is -0.118. The summed E-state index contributed by atoms with van der Waals surface area (Å²) in [5.74, 6) is -0.757. The summed E-state index contributed by atoms with van der Waals surface area (Å²) in [5.41, 5.74) is 0.662. The van der Waals surface area contributed by atoms with Gasteiger partial charge in [-0.3, -0.25) is 9.59 Å². The number of para-hydroxylation sites is 2. The van der Waals surface area contributed by atoms with Gasteiger partial charge < -0.3 is 15.2 Å². The molecule has 0 radical (unpaired) electrons. The first-order valence-electron chi connectivity index (χ1n) is 8.84. The summed E-state index contributed by atoms with van der Waals surface area (Å²) >= 11 is 12.2. The number of hydrogen-bond acceptors (Lipinski definition) is 3. The SMILES string of the molecule is CCn1ccnc1C=C(C(=O)Nc1ccccc1Cl)C(=O)Nc1ccccc1Cl. The first-order valence-corrected chi connectivity index (χ1v) is 9.59. The van der Waals surface area contributed by atoms with Crippen molar-refractivity contribution in [1.82, 2.24) is 9.55 Å². The molecule has 0 aliphatic heterocycles. The van der Waals surface area contributed by atoms with Crippen LogP contribution >= 0.6 is 23.2 Å². The smallest absolute Gasteiger partial charge is 0.261 e. The third kappa shape index (κ3) is 5.04. The summed E-state index contributed by atoms with van der Waals surface area (Å²) in [7, 11) is 0. The molecule has 0 spiro atoms. The molecule has 3 aromatic rings. The molecular weight excluding hydrogens is 411 g/mol. The highest BCUT2D eigenvalue weighted by Gasteiger charge is 2.21. The van der Waals surface area contributed by atoms with Gasteiger partial charge >= 0.3 is 0 Å². The Kier molecular flexibility index (Phi) is 6.69. The van der Waals surface area contributed by atoms with Gasteiger partial charge in [-0.25, -0.2) is 4.98 Å². The molecule has 2 aromatic carbocycles. The molecule has 1 heterocycles. The summed E-state index contributed by atoms with van der Waals surface area (Å²) in [5, 5.41) is 6.07. The highest BCUT2D eigenvalue weighted by molar-refractivity contribution is 6.36. The summed E-state index contributed by atoms with van der Waals surface area (Å²) in [6, 6.07) is 13.6. The number of halogens is 2. The van der Waals surface area contributed by atoms with Crippen LogP contribution in [0, 0.1) is 0 Å². The molecule has 0 saturated heterocycles. The quantitative estimate of drug-likeness (QED) is 0.334. The Bertz CT molecular complexity index is 1010. The van der Waals surface area contributed by atoms with E-state index in [0.29, 0.717) is 33.8 Å². The number of carbonyl (C=O) groups excluding carboxylic acids is 2. The van der Waals surface area contributed by atoms with Crippen LogP contribution in [0.2, 0.25) is 10.0 Å². The molecule has 0 fully saturated rings. The zero-order valence-corrected chi connectivity index (χ0v) is 17.0. The van der Waals surface area contributed by atoms with E-state index in [1.54, 1.807) is 60.9 Å². The van der Waals surface area contributed by atoms with Gasteiger partial charge in [0.1, 0.15) is 11.4 Å². The Hall–Kier alpha value is -3.09. The van der Waals surface area contributed by atoms with Gasteiger partial charge in [-0.1, -0.05) is 47.5 Å². The van der Waals surface area contributed by atoms with Gasteiger partial charge in [0.2, 0.25) is 0 Å². The third-order valence-electron chi connectivity index (χ3n) is 4.10. The van der Waals surface area contributed by atoms with Crippen molar-refractivity contribution in [2.24, 2.45) is 0 Å². The lowest BCUT2D eigenvalue weighted by Crippen LogP contribution is -2.25. The number of carbonyl (C=O) groups is 2. The van der Waals surface area contributed by atoms with Gasteiger partial charge in [-0.2, -0.15) is 0 Å². The standard InChI is InChI=1S/C21H18Cl2N4O2/c1-2-27-12-11-24-19(27)13-14(20(28)25-17-9-5-3-7-15(17)22)21(29)26-18-10-6-4-8-16(18)23/h3-13H,2H2,1H3,(H,25,28)(H,26,29). The number of nitrogens with one attached hydrogen (secondary N) is 2. The minimum Gasteiger partial charge on any atom is -0.332 e. The van der Waals surface area contributed by atoms with Gasteiger partial charge in [-0.05, 0) is 37.3 Å². The van der Waals surface area contributed by atoms with Gasteiger partial charge in [0.05, 0.1) is 21.4 Å². The number of amides is 2. The van der Waals surface area contributed by atoms with Crippen molar-refractivity contribution in [2.75, 3.05) is 10.6 Å². The zero-order chi connectivity index (χ0) is 20.8. The number of hydrogen-bond donors (Lipinski definition) is 2. The first kappa shape index (κ1) is 20.6. The van der Waals surface area contributed by atoms with Gasteiger partial charge in [0, 0.05) is 18.9 Å². The summed E-state index contributed by atoms with van der Waals surface area (Å²) in [6.45, 7) is 2.57. The maximum atomic E-state index is 12.9. The number of anilines is 2. The predicted molar refractivity (Wildman–Crippen MR) is 116 cm³/mol. The Morgan fingerprint density at radius 2 is 1.48 bits per heavy atom. The van der Waals surface area contributed by atoms with E-state index >= 15 is 0 Å². The van der Waals surface area contributed by atoms with Crippen LogP contribution < -0.4 is 10.6 Å². The van der Waals surface area contributed by atoms with Gasteiger partial charge in [0.15, 0.2) is 0 Å². The largest absolute Gasteiger partial charge is 0.332 e. The average Bonchev–Trinajstić information content (AvgIpc) is 3.16. The fraction of sp³-hybridized carbons (Fsp3) is 0.0952. The zero-order valence-electron chi connectivity index (χ0n) is 15.5. The fourth-order valence-electron chi connectivity index (χ4n) is 2.60. The van der Waals surface area contributed by atoms with Crippen molar-refractivity contribution in [3.8, 4) is 0 Å². The van der Waals surface area contributed by atoms with E-state index in [1.165, 1.54) is 6.08 Å². The van der Waals surface area contributed by atoms with Crippen LogP contribution in [-0.2, 0) is 16.1 Å².